The summed E-state index contributed by atoms with van der Waals surface area (Å²) in [6.07, 6.45) is 2.11. The molecule has 6 nitrogen and oxygen atoms in total. The van der Waals surface area contributed by atoms with Gasteiger partial charge in [0.05, 0.1) is 12.1 Å². The summed E-state index contributed by atoms with van der Waals surface area (Å²) in [5.41, 5.74) is 4.16. The first-order valence-corrected chi connectivity index (χ1v) is 8.86. The summed E-state index contributed by atoms with van der Waals surface area (Å²) in [5.74, 6) is 0.790. The van der Waals surface area contributed by atoms with Crippen LogP contribution in [0.4, 0.5) is 0 Å². The normalized spacial score (nSPS) is 10.6. The van der Waals surface area contributed by atoms with Crippen molar-refractivity contribution in [2.75, 3.05) is 6.54 Å². The molecule has 0 fully saturated rings. The molecule has 0 radical (unpaired) electrons. The molecular weight excluding hydrogens is 338 g/mol. The molecule has 0 spiro atoms. The number of benzene rings is 2. The van der Waals surface area contributed by atoms with Crippen molar-refractivity contribution in [3.63, 3.8) is 0 Å². The molecule has 3 rings (SSSR count). The van der Waals surface area contributed by atoms with Crippen molar-refractivity contribution in [2.45, 2.75) is 26.8 Å². The molecule has 0 N–H and O–H groups in total. The molecule has 27 heavy (non-hydrogen) atoms. The molecule has 0 unspecified atom stereocenters. The van der Waals surface area contributed by atoms with E-state index >= 15 is 0 Å². The zero-order valence-corrected chi connectivity index (χ0v) is 15.7. The zero-order chi connectivity index (χ0) is 19.2. The molecular formula is C21H23N5O. The lowest BCUT2D eigenvalue weighted by Crippen LogP contribution is -2.32. The third-order valence-electron chi connectivity index (χ3n) is 4.49. The average Bonchev–Trinajstić information content (AvgIpc) is 3.09. The minimum Gasteiger partial charge on any atom is -0.334 e. The van der Waals surface area contributed by atoms with Crippen molar-refractivity contribution in [1.29, 1.82) is 0 Å². The summed E-state index contributed by atoms with van der Waals surface area (Å²) >= 11 is 0. The van der Waals surface area contributed by atoms with Crippen LogP contribution in [-0.4, -0.2) is 37.6 Å². The molecule has 0 aliphatic carbocycles. The zero-order valence-electron chi connectivity index (χ0n) is 15.7. The fraction of sp³-hybridized carbons (Fsp3) is 0.238. The summed E-state index contributed by atoms with van der Waals surface area (Å²) in [6.45, 7) is 8.80. The van der Waals surface area contributed by atoms with E-state index in [0.717, 1.165) is 16.8 Å². The van der Waals surface area contributed by atoms with Crippen LogP contribution in [0.15, 0.2) is 61.2 Å². The molecule has 138 valence electrons. The van der Waals surface area contributed by atoms with Crippen LogP contribution in [0.2, 0.25) is 0 Å². The lowest BCUT2D eigenvalue weighted by atomic mass is 10.1. The predicted molar refractivity (Wildman–Crippen MR) is 104 cm³/mol. The molecule has 0 saturated carbocycles. The number of carbonyl (C=O) groups is 1. The van der Waals surface area contributed by atoms with E-state index < -0.39 is 0 Å². The minimum absolute atomic E-state index is 0.0736. The van der Waals surface area contributed by atoms with Gasteiger partial charge in [-0.3, -0.25) is 4.79 Å². The highest BCUT2D eigenvalue weighted by molar-refractivity contribution is 5.79. The second-order valence-corrected chi connectivity index (χ2v) is 6.47. The lowest BCUT2D eigenvalue weighted by Gasteiger charge is -2.22. The van der Waals surface area contributed by atoms with Crippen molar-refractivity contribution in [3.8, 4) is 5.69 Å². The van der Waals surface area contributed by atoms with E-state index in [4.69, 9.17) is 0 Å². The third-order valence-corrected chi connectivity index (χ3v) is 4.49. The van der Waals surface area contributed by atoms with Crippen LogP contribution < -0.4 is 0 Å². The Labute approximate surface area is 159 Å². The van der Waals surface area contributed by atoms with Gasteiger partial charge in [-0.1, -0.05) is 42.5 Å². The number of amides is 1. The maximum absolute atomic E-state index is 12.8. The molecule has 2 aromatic carbocycles. The minimum atomic E-state index is 0.0736. The van der Waals surface area contributed by atoms with E-state index in [-0.39, 0.29) is 5.91 Å². The summed E-state index contributed by atoms with van der Waals surface area (Å²) < 4.78 is 1.66. The van der Waals surface area contributed by atoms with E-state index in [2.05, 4.69) is 41.2 Å². The second kappa shape index (κ2) is 8.40. The molecule has 0 aliphatic heterocycles. The highest BCUT2D eigenvalue weighted by Crippen LogP contribution is 2.14. The first kappa shape index (κ1) is 18.5. The number of carbonyl (C=O) groups excluding carboxylic acids is 1. The van der Waals surface area contributed by atoms with Gasteiger partial charge in [0.2, 0.25) is 5.91 Å². The van der Waals surface area contributed by atoms with E-state index in [1.165, 1.54) is 5.56 Å². The Morgan fingerprint density at radius 3 is 2.52 bits per heavy atom. The van der Waals surface area contributed by atoms with Gasteiger partial charge in [0.25, 0.3) is 0 Å². The smallest absolute Gasteiger partial charge is 0.227 e. The largest absolute Gasteiger partial charge is 0.334 e. The Balaban J connectivity index is 1.71. The molecule has 1 heterocycles. The molecule has 1 amide bonds. The number of tetrazole rings is 1. The number of nitrogens with zero attached hydrogens (tertiary/aromatic N) is 5. The van der Waals surface area contributed by atoms with Crippen LogP contribution in [0.5, 0.6) is 0 Å². The van der Waals surface area contributed by atoms with Gasteiger partial charge in [-0.25, -0.2) is 0 Å². The number of aryl methyl sites for hydroxylation is 2. The SMILES string of the molecule is C=CCN(Cc1ccccc1C)C(=O)Cc1ccc(-n2nnnc2C)cc1. The predicted octanol–water partition coefficient (Wildman–Crippen LogP) is 3.04. The molecule has 0 aliphatic rings. The average molecular weight is 361 g/mol. The van der Waals surface area contributed by atoms with E-state index in [1.807, 2.05) is 48.2 Å². The Kier molecular flexibility index (Phi) is 5.76. The summed E-state index contributed by atoms with van der Waals surface area (Å²) in [5, 5.41) is 11.5. The van der Waals surface area contributed by atoms with E-state index in [9.17, 15) is 4.79 Å². The van der Waals surface area contributed by atoms with Gasteiger partial charge in [0.15, 0.2) is 5.82 Å². The standard InChI is InChI=1S/C21H23N5O/c1-4-13-25(15-19-8-6-5-7-16(19)2)21(27)14-18-9-11-20(12-10-18)26-17(3)22-23-24-26/h4-12H,1,13-15H2,2-3H3. The first-order chi connectivity index (χ1) is 13.1. The third kappa shape index (κ3) is 4.47. The summed E-state index contributed by atoms with van der Waals surface area (Å²) in [4.78, 5) is 14.7. The molecule has 3 aromatic rings. The Hall–Kier alpha value is -3.28. The van der Waals surface area contributed by atoms with Crippen molar-refractivity contribution >= 4 is 5.91 Å². The number of hydrogen-bond donors (Lipinski definition) is 0. The van der Waals surface area contributed by atoms with Crippen LogP contribution in [0.1, 0.15) is 22.5 Å². The van der Waals surface area contributed by atoms with E-state index in [0.29, 0.717) is 25.3 Å². The van der Waals surface area contributed by atoms with Gasteiger partial charge in [-0.2, -0.15) is 4.68 Å². The quantitative estimate of drug-likeness (QED) is 0.607. The van der Waals surface area contributed by atoms with Crippen LogP contribution in [-0.2, 0) is 17.8 Å². The van der Waals surface area contributed by atoms with Crippen molar-refractivity contribution in [1.82, 2.24) is 25.1 Å². The maximum Gasteiger partial charge on any atom is 0.227 e. The number of aromatic nitrogens is 4. The number of hydrogen-bond acceptors (Lipinski definition) is 4. The first-order valence-electron chi connectivity index (χ1n) is 8.86. The molecule has 0 saturated heterocycles. The molecule has 6 heteroatoms. The lowest BCUT2D eigenvalue weighted by molar-refractivity contribution is -0.130. The summed E-state index contributed by atoms with van der Waals surface area (Å²) in [7, 11) is 0. The second-order valence-electron chi connectivity index (χ2n) is 6.47. The number of rotatable bonds is 7. The van der Waals surface area contributed by atoms with Crippen LogP contribution in [0.3, 0.4) is 0 Å². The van der Waals surface area contributed by atoms with Crippen molar-refractivity contribution in [3.05, 3.63) is 83.7 Å². The van der Waals surface area contributed by atoms with Gasteiger partial charge in [0, 0.05) is 13.1 Å². The maximum atomic E-state index is 12.8. The van der Waals surface area contributed by atoms with Gasteiger partial charge < -0.3 is 4.90 Å². The van der Waals surface area contributed by atoms with Gasteiger partial charge >= 0.3 is 0 Å². The highest BCUT2D eigenvalue weighted by atomic mass is 16.2. The topological polar surface area (TPSA) is 63.9 Å². The van der Waals surface area contributed by atoms with Crippen molar-refractivity contribution in [2.24, 2.45) is 0 Å². The fourth-order valence-corrected chi connectivity index (χ4v) is 2.92. The molecule has 1 aromatic heterocycles. The van der Waals surface area contributed by atoms with Gasteiger partial charge in [-0.15, -0.1) is 11.7 Å². The van der Waals surface area contributed by atoms with Crippen LogP contribution >= 0.6 is 0 Å². The highest BCUT2D eigenvalue weighted by Gasteiger charge is 2.14. The van der Waals surface area contributed by atoms with Gasteiger partial charge in [-0.05, 0) is 53.1 Å². The van der Waals surface area contributed by atoms with Crippen molar-refractivity contribution < 1.29 is 4.79 Å². The molecule has 0 atom stereocenters. The van der Waals surface area contributed by atoms with Crippen LogP contribution in [0, 0.1) is 13.8 Å². The Bertz CT molecular complexity index is 930. The van der Waals surface area contributed by atoms with E-state index in [1.54, 1.807) is 10.8 Å². The Morgan fingerprint density at radius 2 is 1.89 bits per heavy atom. The fourth-order valence-electron chi connectivity index (χ4n) is 2.92. The summed E-state index contributed by atoms with van der Waals surface area (Å²) in [6, 6.07) is 15.8. The Morgan fingerprint density at radius 1 is 1.15 bits per heavy atom. The van der Waals surface area contributed by atoms with Gasteiger partial charge in [0.1, 0.15) is 0 Å². The monoisotopic (exact) mass is 361 g/mol. The van der Waals surface area contributed by atoms with Crippen LogP contribution in [0.25, 0.3) is 5.69 Å². The molecule has 0 bridgehead atoms.